The molecule has 1 aromatic rings. The quantitative estimate of drug-likeness (QED) is 0.732. The highest BCUT2D eigenvalue weighted by molar-refractivity contribution is 7.91. The van der Waals surface area contributed by atoms with Crippen LogP contribution in [-0.4, -0.2) is 49.3 Å². The second-order valence-corrected chi connectivity index (χ2v) is 6.86. The smallest absolute Gasteiger partial charge is 0.228 e. The Balaban J connectivity index is 1.85. The summed E-state index contributed by atoms with van der Waals surface area (Å²) < 4.78 is 33.4. The van der Waals surface area contributed by atoms with E-state index in [-0.39, 0.29) is 17.5 Å². The number of aromatic nitrogens is 2. The van der Waals surface area contributed by atoms with Crippen LogP contribution in [0.15, 0.2) is 4.52 Å². The van der Waals surface area contributed by atoms with E-state index in [1.165, 1.54) is 0 Å². The Labute approximate surface area is 112 Å². The van der Waals surface area contributed by atoms with Crippen LogP contribution >= 0.6 is 0 Å². The normalized spacial score (nSPS) is 22.5. The van der Waals surface area contributed by atoms with Gasteiger partial charge < -0.3 is 14.6 Å². The molecule has 2 heterocycles. The molecule has 0 saturated carbocycles. The van der Waals surface area contributed by atoms with Crippen molar-refractivity contribution in [2.45, 2.75) is 32.4 Å². The molecule has 0 aliphatic carbocycles. The predicted molar refractivity (Wildman–Crippen MR) is 68.4 cm³/mol. The number of nitrogens with one attached hydrogen (secondary N) is 1. The fourth-order valence-electron chi connectivity index (χ4n) is 1.95. The van der Waals surface area contributed by atoms with Crippen molar-refractivity contribution >= 4 is 9.84 Å². The Kier molecular flexibility index (Phi) is 4.89. The maximum absolute atomic E-state index is 11.5. The summed E-state index contributed by atoms with van der Waals surface area (Å²) in [7, 11) is -2.94. The number of nitrogens with zero attached hydrogens (tertiary/aromatic N) is 2. The van der Waals surface area contributed by atoms with Crippen LogP contribution in [0.2, 0.25) is 0 Å². The first-order valence-corrected chi connectivity index (χ1v) is 8.24. The zero-order valence-electron chi connectivity index (χ0n) is 11.0. The van der Waals surface area contributed by atoms with Crippen LogP contribution in [0.25, 0.3) is 0 Å². The molecular formula is C11H19N3O4S. The second kappa shape index (κ2) is 6.44. The van der Waals surface area contributed by atoms with E-state index >= 15 is 0 Å². The van der Waals surface area contributed by atoms with Gasteiger partial charge in [-0.3, -0.25) is 0 Å². The van der Waals surface area contributed by atoms with Crippen LogP contribution in [0.5, 0.6) is 0 Å². The van der Waals surface area contributed by atoms with Crippen molar-refractivity contribution in [1.82, 2.24) is 15.5 Å². The van der Waals surface area contributed by atoms with E-state index in [0.717, 1.165) is 6.42 Å². The molecule has 1 aliphatic heterocycles. The average molecular weight is 289 g/mol. The average Bonchev–Trinajstić information content (AvgIpc) is 2.76. The van der Waals surface area contributed by atoms with Gasteiger partial charge in [-0.05, 0) is 6.42 Å². The first-order valence-electron chi connectivity index (χ1n) is 6.42. The number of rotatable bonds is 6. The van der Waals surface area contributed by atoms with Gasteiger partial charge in [0.1, 0.15) is 6.61 Å². The Morgan fingerprint density at radius 2 is 2.37 bits per heavy atom. The Morgan fingerprint density at radius 3 is 3.11 bits per heavy atom. The van der Waals surface area contributed by atoms with Gasteiger partial charge in [-0.1, -0.05) is 12.1 Å². The maximum atomic E-state index is 11.5. The monoisotopic (exact) mass is 289 g/mol. The minimum absolute atomic E-state index is 0.122. The van der Waals surface area contributed by atoms with E-state index in [1.54, 1.807) is 0 Å². The summed E-state index contributed by atoms with van der Waals surface area (Å²) in [4.78, 5) is 4.19. The highest BCUT2D eigenvalue weighted by Gasteiger charge is 2.25. The van der Waals surface area contributed by atoms with E-state index in [9.17, 15) is 8.42 Å². The summed E-state index contributed by atoms with van der Waals surface area (Å²) in [5, 5.41) is 6.95. The summed E-state index contributed by atoms with van der Waals surface area (Å²) in [5.74, 6) is 1.27. The lowest BCUT2D eigenvalue weighted by Crippen LogP contribution is -2.46. The van der Waals surface area contributed by atoms with Crippen molar-refractivity contribution < 1.29 is 17.7 Å². The molecule has 1 aliphatic rings. The van der Waals surface area contributed by atoms with Crippen molar-refractivity contribution in [3.8, 4) is 0 Å². The predicted octanol–water partition coefficient (Wildman–Crippen LogP) is -0.0747. The summed E-state index contributed by atoms with van der Waals surface area (Å²) >= 11 is 0. The van der Waals surface area contributed by atoms with Gasteiger partial charge in [0.05, 0.1) is 11.5 Å². The molecule has 0 spiro atoms. The van der Waals surface area contributed by atoms with Gasteiger partial charge in [0.15, 0.2) is 15.7 Å². The molecule has 7 nitrogen and oxygen atoms in total. The van der Waals surface area contributed by atoms with Gasteiger partial charge in [0.2, 0.25) is 5.89 Å². The minimum atomic E-state index is -2.94. The molecule has 1 N–H and O–H groups in total. The van der Waals surface area contributed by atoms with E-state index in [0.29, 0.717) is 37.9 Å². The molecule has 1 unspecified atom stereocenters. The van der Waals surface area contributed by atoms with Gasteiger partial charge in [-0.2, -0.15) is 4.98 Å². The third-order valence-corrected chi connectivity index (χ3v) is 4.55. The van der Waals surface area contributed by atoms with Crippen LogP contribution < -0.4 is 5.32 Å². The lowest BCUT2D eigenvalue weighted by Gasteiger charge is -2.21. The van der Waals surface area contributed by atoms with E-state index in [2.05, 4.69) is 15.5 Å². The van der Waals surface area contributed by atoms with E-state index < -0.39 is 9.84 Å². The molecule has 1 fully saturated rings. The molecule has 0 aromatic carbocycles. The lowest BCUT2D eigenvalue weighted by atomic mass is 10.2. The number of hydrogen-bond donors (Lipinski definition) is 1. The highest BCUT2D eigenvalue weighted by atomic mass is 32.2. The highest BCUT2D eigenvalue weighted by Crippen LogP contribution is 2.08. The van der Waals surface area contributed by atoms with E-state index in [4.69, 9.17) is 9.26 Å². The van der Waals surface area contributed by atoms with Gasteiger partial charge in [0.25, 0.3) is 0 Å². The summed E-state index contributed by atoms with van der Waals surface area (Å²) in [5.41, 5.74) is 0. The van der Waals surface area contributed by atoms with Crippen LogP contribution in [0.3, 0.4) is 0 Å². The van der Waals surface area contributed by atoms with Gasteiger partial charge in [-0.15, -0.1) is 0 Å². The fraction of sp³-hybridized carbons (Fsp3) is 0.818. The first kappa shape index (κ1) is 14.4. The van der Waals surface area contributed by atoms with E-state index in [1.807, 2.05) is 6.92 Å². The van der Waals surface area contributed by atoms with Crippen LogP contribution in [-0.2, 0) is 27.6 Å². The van der Waals surface area contributed by atoms with Crippen molar-refractivity contribution in [3.05, 3.63) is 11.7 Å². The minimum Gasteiger partial charge on any atom is -0.373 e. The molecular weight excluding hydrogens is 270 g/mol. The molecule has 0 radical (unpaired) electrons. The molecule has 19 heavy (non-hydrogen) atoms. The number of ether oxygens (including phenoxy) is 1. The van der Waals surface area contributed by atoms with Crippen LogP contribution in [0, 0.1) is 0 Å². The third kappa shape index (κ3) is 4.55. The van der Waals surface area contributed by atoms with Crippen molar-refractivity contribution in [1.29, 1.82) is 0 Å². The largest absolute Gasteiger partial charge is 0.373 e. The zero-order valence-corrected chi connectivity index (χ0v) is 11.8. The molecule has 8 heteroatoms. The number of sulfone groups is 1. The van der Waals surface area contributed by atoms with Crippen molar-refractivity contribution in [2.24, 2.45) is 0 Å². The van der Waals surface area contributed by atoms with Crippen molar-refractivity contribution in [3.63, 3.8) is 0 Å². The summed E-state index contributed by atoms with van der Waals surface area (Å²) in [6.07, 6.45) is 1.37. The molecule has 0 amide bonds. The molecule has 108 valence electrons. The fourth-order valence-corrected chi connectivity index (χ4v) is 3.39. The van der Waals surface area contributed by atoms with Crippen molar-refractivity contribution in [2.75, 3.05) is 24.7 Å². The van der Waals surface area contributed by atoms with Gasteiger partial charge in [-0.25, -0.2) is 8.42 Å². The van der Waals surface area contributed by atoms with Gasteiger partial charge in [0, 0.05) is 25.6 Å². The molecule has 1 aromatic heterocycles. The molecule has 0 bridgehead atoms. The number of hydrogen-bond acceptors (Lipinski definition) is 7. The van der Waals surface area contributed by atoms with Crippen LogP contribution in [0.4, 0.5) is 0 Å². The second-order valence-electron chi connectivity index (χ2n) is 4.63. The molecule has 1 atom stereocenters. The topological polar surface area (TPSA) is 94.3 Å². The maximum Gasteiger partial charge on any atom is 0.228 e. The lowest BCUT2D eigenvalue weighted by molar-refractivity contribution is 0.114. The standard InChI is InChI=1S/C11H19N3O4S/c1-2-4-17-7-10-13-11(18-14-10)6-9-8-19(15,16)5-3-12-9/h9,12H,2-8H2,1H3. The first-order chi connectivity index (χ1) is 9.09. The summed E-state index contributed by atoms with van der Waals surface area (Å²) in [6.45, 7) is 3.49. The zero-order chi connectivity index (χ0) is 13.7. The Hall–Kier alpha value is -0.990. The Bertz CT molecular complexity index is 500. The molecule has 2 rings (SSSR count). The molecule has 1 saturated heterocycles. The Morgan fingerprint density at radius 1 is 1.53 bits per heavy atom. The third-order valence-electron chi connectivity index (χ3n) is 2.81. The van der Waals surface area contributed by atoms with Gasteiger partial charge >= 0.3 is 0 Å². The SMILES string of the molecule is CCCOCc1noc(CC2CS(=O)(=O)CCN2)n1. The van der Waals surface area contributed by atoms with Crippen LogP contribution in [0.1, 0.15) is 25.1 Å². The summed E-state index contributed by atoms with van der Waals surface area (Å²) in [6, 6.07) is -0.149.